The van der Waals surface area contributed by atoms with Gasteiger partial charge >= 0.3 is 7.00 Å². The molecule has 0 aromatic heterocycles. The summed E-state index contributed by atoms with van der Waals surface area (Å²) < 4.78 is 6.47. The van der Waals surface area contributed by atoms with E-state index in [4.69, 9.17) is 11.8 Å². The number of nitrogens with zero attached hydrogens (tertiary/aromatic N) is 1. The summed E-state index contributed by atoms with van der Waals surface area (Å²) in [6.45, 7) is 20.9. The summed E-state index contributed by atoms with van der Waals surface area (Å²) in [6.07, 6.45) is 0. The maximum atomic E-state index is 5.79. The Labute approximate surface area is 111 Å². The monoisotopic (exact) mass is 311 g/mol. The Hall–Kier alpha value is 1.09. The molecular formula is C9H28N2PSSi3+. The van der Waals surface area contributed by atoms with Crippen molar-refractivity contribution in [2.24, 2.45) is 0 Å². The highest BCUT2D eigenvalue weighted by Crippen LogP contribution is 2.36. The van der Waals surface area contributed by atoms with Crippen molar-refractivity contribution in [3.63, 3.8) is 0 Å². The number of hydrogen-bond donors (Lipinski definition) is 1. The van der Waals surface area contributed by atoms with Gasteiger partial charge in [-0.2, -0.15) is 4.00 Å². The third kappa shape index (κ3) is 6.14. The molecule has 0 aliphatic heterocycles. The predicted octanol–water partition coefficient (Wildman–Crippen LogP) is 4.16. The van der Waals surface area contributed by atoms with Crippen molar-refractivity contribution in [1.82, 2.24) is 8.75 Å². The summed E-state index contributed by atoms with van der Waals surface area (Å²) in [4.78, 5) is 0. The van der Waals surface area contributed by atoms with Gasteiger partial charge in [0.05, 0.1) is 0 Å². The van der Waals surface area contributed by atoms with Crippen LogP contribution in [-0.4, -0.2) is 28.7 Å². The van der Waals surface area contributed by atoms with Gasteiger partial charge < -0.3 is 0 Å². The molecule has 0 saturated carbocycles. The molecule has 2 nitrogen and oxygen atoms in total. The number of rotatable bonds is 5. The van der Waals surface area contributed by atoms with E-state index in [0.29, 0.717) is 0 Å². The molecule has 0 amide bonds. The molecule has 16 heavy (non-hydrogen) atoms. The van der Waals surface area contributed by atoms with Crippen LogP contribution in [0.15, 0.2) is 0 Å². The molecule has 0 aliphatic carbocycles. The van der Waals surface area contributed by atoms with Crippen LogP contribution in [0.3, 0.4) is 0 Å². The molecule has 0 radical (unpaired) electrons. The molecule has 0 rings (SSSR count). The second kappa shape index (κ2) is 5.38. The van der Waals surface area contributed by atoms with E-state index in [1.807, 2.05) is 0 Å². The molecule has 0 fully saturated rings. The van der Waals surface area contributed by atoms with Crippen LogP contribution in [0.1, 0.15) is 0 Å². The van der Waals surface area contributed by atoms with Crippen molar-refractivity contribution in [2.75, 3.05) is 0 Å². The third-order valence-corrected chi connectivity index (χ3v) is 19.2. The zero-order chi connectivity index (χ0) is 13.4. The van der Waals surface area contributed by atoms with Crippen molar-refractivity contribution < 1.29 is 0 Å². The molecule has 7 heteroatoms. The second-order valence-corrected chi connectivity index (χ2v) is 25.4. The van der Waals surface area contributed by atoms with Crippen LogP contribution in [0.2, 0.25) is 58.9 Å². The molecule has 0 spiro atoms. The van der Waals surface area contributed by atoms with Gasteiger partial charge in [-0.25, -0.2) is 0 Å². The number of nitrogens with one attached hydrogen (secondary N) is 1. The molecule has 0 heterocycles. The largest absolute Gasteiger partial charge is 0.340 e. The van der Waals surface area contributed by atoms with E-state index in [0.717, 1.165) is 0 Å². The van der Waals surface area contributed by atoms with Gasteiger partial charge in [-0.1, -0.05) is 58.9 Å². The zero-order valence-electron chi connectivity index (χ0n) is 12.3. The zero-order valence-corrected chi connectivity index (χ0v) is 17.0. The van der Waals surface area contributed by atoms with E-state index in [2.05, 4.69) is 67.7 Å². The van der Waals surface area contributed by atoms with Gasteiger partial charge in [0, 0.05) is 0 Å². The first kappa shape index (κ1) is 17.1. The van der Waals surface area contributed by atoms with Crippen LogP contribution in [0.5, 0.6) is 0 Å². The first-order chi connectivity index (χ1) is 6.75. The minimum Gasteiger partial charge on any atom is -0.160 e. The Balaban J connectivity index is 5.03. The Bertz CT molecular complexity index is 251. The van der Waals surface area contributed by atoms with Crippen LogP contribution in [0, 0.1) is 0 Å². The minimum absolute atomic E-state index is 0.556. The van der Waals surface area contributed by atoms with Crippen LogP contribution in [-0.2, 0) is 11.8 Å². The van der Waals surface area contributed by atoms with Gasteiger partial charge in [0.15, 0.2) is 24.7 Å². The summed E-state index contributed by atoms with van der Waals surface area (Å²) in [7, 11) is -3.87. The topological polar surface area (TPSA) is 15.3 Å². The highest BCUT2D eigenvalue weighted by Gasteiger charge is 2.46. The summed E-state index contributed by atoms with van der Waals surface area (Å²) >= 11 is 5.79. The highest BCUT2D eigenvalue weighted by atomic mass is 32.4. The molecule has 96 valence electrons. The summed E-state index contributed by atoms with van der Waals surface area (Å²) in [5.74, 6) is 0. The van der Waals surface area contributed by atoms with E-state index in [1.165, 1.54) is 0 Å². The average molecular weight is 312 g/mol. The summed E-state index contributed by atoms with van der Waals surface area (Å²) in [6, 6.07) is 0. The lowest BCUT2D eigenvalue weighted by Gasteiger charge is -2.36. The van der Waals surface area contributed by atoms with Gasteiger partial charge in [-0.05, 0) is 0 Å². The SMILES string of the molecule is C[Si](C)(C)N[P+](=S)N([Si](C)(C)C)[Si](C)(C)C. The normalized spacial score (nSPS) is 15.5. The Morgan fingerprint density at radius 1 is 0.812 bits per heavy atom. The molecule has 1 atom stereocenters. The van der Waals surface area contributed by atoms with E-state index < -0.39 is 31.7 Å². The van der Waals surface area contributed by atoms with Gasteiger partial charge in [-0.3, -0.25) is 0 Å². The van der Waals surface area contributed by atoms with Gasteiger partial charge in [0.25, 0.3) is 0 Å². The first-order valence-electron chi connectivity index (χ1n) is 5.80. The van der Waals surface area contributed by atoms with Crippen molar-refractivity contribution in [3.8, 4) is 0 Å². The Kier molecular flexibility index (Phi) is 5.75. The Morgan fingerprint density at radius 3 is 1.31 bits per heavy atom. The molecule has 0 bridgehead atoms. The lowest BCUT2D eigenvalue weighted by atomic mass is 11.8. The van der Waals surface area contributed by atoms with Gasteiger partial charge in [-0.15, -0.1) is 4.75 Å². The van der Waals surface area contributed by atoms with Crippen molar-refractivity contribution >= 4 is 43.5 Å². The predicted molar refractivity (Wildman–Crippen MR) is 89.3 cm³/mol. The van der Waals surface area contributed by atoms with Crippen molar-refractivity contribution in [1.29, 1.82) is 0 Å². The molecule has 1 N–H and O–H groups in total. The fourth-order valence-corrected chi connectivity index (χ4v) is 24.8. The maximum absolute atomic E-state index is 5.79. The van der Waals surface area contributed by atoms with Crippen molar-refractivity contribution in [2.45, 2.75) is 58.9 Å². The van der Waals surface area contributed by atoms with Crippen LogP contribution < -0.4 is 4.75 Å². The number of hydrogen-bond acceptors (Lipinski definition) is 1. The Morgan fingerprint density at radius 2 is 1.12 bits per heavy atom. The lowest BCUT2D eigenvalue weighted by Crippen LogP contribution is -2.57. The lowest BCUT2D eigenvalue weighted by molar-refractivity contribution is 0.973. The van der Waals surface area contributed by atoms with E-state index >= 15 is 0 Å². The van der Waals surface area contributed by atoms with Crippen molar-refractivity contribution in [3.05, 3.63) is 0 Å². The smallest absolute Gasteiger partial charge is 0.160 e. The third-order valence-electron chi connectivity index (χ3n) is 1.88. The molecule has 0 aliphatic rings. The fourth-order valence-electron chi connectivity index (χ4n) is 1.89. The molecule has 0 saturated heterocycles. The summed E-state index contributed by atoms with van der Waals surface area (Å²) in [5, 5.41) is 0. The van der Waals surface area contributed by atoms with Gasteiger partial charge in [0.2, 0.25) is 11.8 Å². The maximum Gasteiger partial charge on any atom is 0.340 e. The average Bonchev–Trinajstić information content (AvgIpc) is 1.70. The van der Waals surface area contributed by atoms with Crippen LogP contribution in [0.25, 0.3) is 0 Å². The van der Waals surface area contributed by atoms with E-state index in [1.54, 1.807) is 0 Å². The first-order valence-corrected chi connectivity index (χ1v) is 18.5. The molecule has 0 aromatic carbocycles. The van der Waals surface area contributed by atoms with E-state index in [9.17, 15) is 0 Å². The minimum atomic E-state index is -1.31. The van der Waals surface area contributed by atoms with E-state index in [-0.39, 0.29) is 0 Å². The van der Waals surface area contributed by atoms with Gasteiger partial charge in [0.1, 0.15) is 0 Å². The highest BCUT2D eigenvalue weighted by molar-refractivity contribution is 8.05. The molecular weight excluding hydrogens is 283 g/mol. The van der Waals surface area contributed by atoms with Crippen LogP contribution >= 0.6 is 7.00 Å². The summed E-state index contributed by atoms with van der Waals surface area (Å²) in [5.41, 5.74) is 0. The van der Waals surface area contributed by atoms with Crippen LogP contribution in [0.4, 0.5) is 0 Å². The quantitative estimate of drug-likeness (QED) is 0.606. The molecule has 1 unspecified atom stereocenters. The fraction of sp³-hybridized carbons (Fsp3) is 1.00. The second-order valence-electron chi connectivity index (χ2n) is 7.29. The molecule has 0 aromatic rings. The standard InChI is InChI=1S/C9H28N2PSSi3/c1-14(2,3)10-12(13)11(15(4,5)6)16(7,8)9/h1-9H3,(H,10,13)/q+1.